The van der Waals surface area contributed by atoms with E-state index in [4.69, 9.17) is 36.3 Å². The van der Waals surface area contributed by atoms with Crippen LogP contribution in [0.4, 0.5) is 0 Å². The van der Waals surface area contributed by atoms with E-state index in [2.05, 4.69) is 140 Å². The van der Waals surface area contributed by atoms with E-state index in [1.165, 1.54) is 0 Å². The summed E-state index contributed by atoms with van der Waals surface area (Å²) in [6.45, 7) is 40.0. The molecule has 0 aromatic heterocycles. The molecule has 0 N–H and O–H groups in total. The molecule has 0 saturated heterocycles. The molecule has 0 aliphatic rings. The Morgan fingerprint density at radius 1 is 0.400 bits per heavy atom. The Kier molecular flexibility index (Phi) is 19.5. The molecule has 244 valence electrons. The Morgan fingerprint density at radius 2 is 0.600 bits per heavy atom. The highest BCUT2D eigenvalue weighted by Crippen LogP contribution is 2.31. The van der Waals surface area contributed by atoms with Crippen LogP contribution in [0, 0.1) is 0 Å². The van der Waals surface area contributed by atoms with Gasteiger partial charge in [0.25, 0.3) is 0 Å². The van der Waals surface area contributed by atoms with E-state index in [0.29, 0.717) is 5.88 Å². The number of hydrogen-bond acceptors (Lipinski definition) is 6. The lowest BCUT2D eigenvalue weighted by Gasteiger charge is -2.43. The minimum atomic E-state index is -2.62. The van der Waals surface area contributed by atoms with Crippen molar-refractivity contribution in [3.63, 3.8) is 0 Å². The summed E-state index contributed by atoms with van der Waals surface area (Å²) >= 11 is 8.34. The van der Waals surface area contributed by atoms with Crippen molar-refractivity contribution < 1.29 is 24.7 Å². The lowest BCUT2D eigenvalue weighted by molar-refractivity contribution is 0.249. The van der Waals surface area contributed by atoms with Crippen LogP contribution in [0.25, 0.3) is 0 Å². The molecule has 0 amide bonds. The third-order valence-electron chi connectivity index (χ3n) is 4.00. The van der Waals surface area contributed by atoms with Crippen molar-refractivity contribution in [3.05, 3.63) is 0 Å². The van der Waals surface area contributed by atoms with Crippen LogP contribution in [0.2, 0.25) is 130 Å². The first-order valence-electron chi connectivity index (χ1n) is 14.7. The molecule has 40 heavy (non-hydrogen) atoms. The quantitative estimate of drug-likeness (QED) is 0.0779. The lowest BCUT2D eigenvalue weighted by Crippen LogP contribution is -2.60. The van der Waals surface area contributed by atoms with E-state index >= 15 is 0 Å². The first-order valence-corrected chi connectivity index (χ1v) is 41.1. The molecule has 0 spiro atoms. The highest BCUT2D eigenvalue weighted by atomic mass is 127. The third kappa shape index (κ3) is 26.9. The number of alkyl halides is 2. The second-order valence-electron chi connectivity index (χ2n) is 16.2. The molecule has 0 atom stereocenters. The zero-order chi connectivity index (χ0) is 32.5. The van der Waals surface area contributed by atoms with Crippen molar-refractivity contribution in [2.24, 2.45) is 0 Å². The highest BCUT2D eigenvalue weighted by Gasteiger charge is 2.50. The van der Waals surface area contributed by atoms with Crippen LogP contribution in [0.1, 0.15) is 12.8 Å². The van der Waals surface area contributed by atoms with Crippen LogP contribution < -0.4 is 0 Å². The van der Waals surface area contributed by atoms with Gasteiger partial charge in [-0.25, -0.2) is 0 Å². The smallest absolute Gasteiger partial charge is 0.417 e. The van der Waals surface area contributed by atoms with Gasteiger partial charge in [0.1, 0.15) is 0 Å². The monoisotopic (exact) mass is 836 g/mol. The fourth-order valence-electron chi connectivity index (χ4n) is 3.80. The van der Waals surface area contributed by atoms with Gasteiger partial charge in [-0.1, -0.05) is 22.6 Å². The maximum atomic E-state index is 6.58. The maximum Gasteiger partial charge on any atom is 0.469 e. The molecule has 0 fully saturated rings. The number of halogens is 2. The molecular weight excluding hydrogens is 771 g/mol. The van der Waals surface area contributed by atoms with Gasteiger partial charge in [0, 0.05) is 18.0 Å². The SMILES string of the molecule is C[Si](C)(C)O[Si](CCCCl)(O[Si](C)(C)C)O[Si](C)(C)C.C[Si](C)(C)O[Si](CCCI)(O[Si](C)(C)C)O[Si](C)(C)C. The fraction of sp³-hybridized carbons (Fsp3) is 1.00. The second kappa shape index (κ2) is 17.4. The van der Waals surface area contributed by atoms with E-state index in [-0.39, 0.29) is 0 Å². The molecule has 0 bridgehead atoms. The van der Waals surface area contributed by atoms with Crippen molar-refractivity contribution in [2.75, 3.05) is 10.3 Å². The van der Waals surface area contributed by atoms with E-state index < -0.39 is 67.5 Å². The Balaban J connectivity index is 0. The van der Waals surface area contributed by atoms with Gasteiger partial charge in [0.05, 0.1) is 0 Å². The van der Waals surface area contributed by atoms with Gasteiger partial charge in [0.15, 0.2) is 49.9 Å². The zero-order valence-corrected chi connectivity index (χ0v) is 40.4. The van der Waals surface area contributed by atoms with Gasteiger partial charge >= 0.3 is 17.6 Å². The van der Waals surface area contributed by atoms with Crippen LogP contribution in [0.5, 0.6) is 0 Å². The summed E-state index contributed by atoms with van der Waals surface area (Å²) in [5.74, 6) is 0.633. The molecule has 0 radical (unpaired) electrons. The maximum absolute atomic E-state index is 6.58. The van der Waals surface area contributed by atoms with E-state index in [1.807, 2.05) is 0 Å². The molecule has 6 nitrogen and oxygen atoms in total. The first kappa shape index (κ1) is 44.6. The van der Waals surface area contributed by atoms with E-state index in [1.54, 1.807) is 0 Å². The van der Waals surface area contributed by atoms with Crippen molar-refractivity contribution >= 4 is 102 Å². The van der Waals surface area contributed by atoms with E-state index in [0.717, 1.165) is 29.4 Å². The molecule has 0 rings (SSSR count). The summed E-state index contributed by atoms with van der Waals surface area (Å²) < 4.78 is 40.4. The molecule has 0 aromatic carbocycles. The molecule has 0 aliphatic carbocycles. The summed E-state index contributed by atoms with van der Waals surface area (Å²) in [7, 11) is -15.4. The topological polar surface area (TPSA) is 55.4 Å². The average molecular weight is 838 g/mol. The highest BCUT2D eigenvalue weighted by molar-refractivity contribution is 14.1. The summed E-state index contributed by atoms with van der Waals surface area (Å²) in [5, 5.41) is 0. The molecule has 0 heterocycles. The standard InChI is InChI=1S/C12H33ClO3Si4.C12H33IO3Si4/c2*1-17(2,3)14-20(12-10-11-13,15-18(4,5)6)16-19(7,8)9/h2*10-12H2,1-9H3. The van der Waals surface area contributed by atoms with E-state index in [9.17, 15) is 0 Å². The van der Waals surface area contributed by atoms with Crippen molar-refractivity contribution in [3.8, 4) is 0 Å². The third-order valence-corrected chi connectivity index (χ3v) is 29.1. The predicted octanol–water partition coefficient (Wildman–Crippen LogP) is 10.4. The van der Waals surface area contributed by atoms with Gasteiger partial charge in [-0.15, -0.1) is 11.6 Å². The van der Waals surface area contributed by atoms with Crippen LogP contribution in [-0.4, -0.2) is 77.8 Å². The largest absolute Gasteiger partial charge is 0.469 e. The van der Waals surface area contributed by atoms with Crippen LogP contribution in [-0.2, 0) is 24.7 Å². The molecule has 0 unspecified atom stereocenters. The van der Waals surface area contributed by atoms with Crippen LogP contribution in [0.15, 0.2) is 0 Å². The number of rotatable bonds is 18. The fourth-order valence-corrected chi connectivity index (χ4v) is 34.6. The summed E-state index contributed by atoms with van der Waals surface area (Å²) in [6, 6.07) is 1.81. The summed E-state index contributed by atoms with van der Waals surface area (Å²) in [5.41, 5.74) is 0. The van der Waals surface area contributed by atoms with Crippen molar-refractivity contribution in [1.82, 2.24) is 0 Å². The average Bonchev–Trinajstić information content (AvgIpc) is 2.56. The van der Waals surface area contributed by atoms with Gasteiger partial charge < -0.3 is 24.7 Å². The van der Waals surface area contributed by atoms with Gasteiger partial charge in [-0.2, -0.15) is 0 Å². The predicted molar refractivity (Wildman–Crippen MR) is 207 cm³/mol. The Hall–Kier alpha value is 2.52. The molecule has 0 aromatic rings. The Morgan fingerprint density at radius 3 is 0.750 bits per heavy atom. The molecule has 0 aliphatic heterocycles. The van der Waals surface area contributed by atoms with Gasteiger partial charge in [-0.05, 0) is 135 Å². The summed E-state index contributed by atoms with van der Waals surface area (Å²) in [6.07, 6.45) is 2.01. The molecular formula is C24H66ClIO6Si8. The Labute approximate surface area is 277 Å². The first-order chi connectivity index (χ1) is 17.4. The van der Waals surface area contributed by atoms with Crippen molar-refractivity contribution in [1.29, 1.82) is 0 Å². The van der Waals surface area contributed by atoms with Gasteiger partial charge in [-0.3, -0.25) is 0 Å². The number of hydrogen-bond donors (Lipinski definition) is 0. The minimum absolute atomic E-state index is 0.633. The van der Waals surface area contributed by atoms with Crippen LogP contribution >= 0.6 is 34.2 Å². The van der Waals surface area contributed by atoms with Crippen LogP contribution in [0.3, 0.4) is 0 Å². The lowest BCUT2D eigenvalue weighted by atomic mass is 10.6. The van der Waals surface area contributed by atoms with Crippen molar-refractivity contribution in [2.45, 2.75) is 143 Å². The minimum Gasteiger partial charge on any atom is -0.417 e. The zero-order valence-electron chi connectivity index (χ0n) is 29.4. The Bertz CT molecular complexity index is 570. The molecule has 0 saturated carbocycles. The second-order valence-corrected chi connectivity index (χ2v) is 51.7. The normalized spacial score (nSPS) is 14.7. The van der Waals surface area contributed by atoms with Gasteiger partial charge in [0.2, 0.25) is 0 Å². The summed E-state index contributed by atoms with van der Waals surface area (Å²) in [4.78, 5) is 0. The molecule has 16 heteroatoms.